The van der Waals surface area contributed by atoms with Gasteiger partial charge in [0.2, 0.25) is 0 Å². The lowest BCUT2D eigenvalue weighted by Crippen LogP contribution is -2.26. The van der Waals surface area contributed by atoms with E-state index in [4.69, 9.17) is 0 Å². The van der Waals surface area contributed by atoms with E-state index >= 15 is 0 Å². The minimum atomic E-state index is -3.50. The summed E-state index contributed by atoms with van der Waals surface area (Å²) in [4.78, 5) is 1.37. The molecule has 0 saturated heterocycles. The molecule has 0 aliphatic rings. The van der Waals surface area contributed by atoms with E-state index < -0.39 is 10.0 Å². The number of hydrogen-bond acceptors (Lipinski definition) is 4. The van der Waals surface area contributed by atoms with Crippen LogP contribution in [0.4, 0.5) is 5.69 Å². The Hall–Kier alpha value is -1.37. The molecule has 1 N–H and O–H groups in total. The van der Waals surface area contributed by atoms with Gasteiger partial charge in [0.15, 0.2) is 0 Å². The van der Waals surface area contributed by atoms with Crippen LogP contribution in [0.3, 0.4) is 0 Å². The standard InChI is InChI=1S/C15H20N2O2S2/c1-4-16-10-14-9-15(11-20-14)21(18,19)17(3)13-7-5-6-12(2)8-13/h5-9,11,16H,4,10H2,1-3H3. The molecule has 0 atom stereocenters. The van der Waals surface area contributed by atoms with E-state index in [1.54, 1.807) is 24.6 Å². The zero-order valence-electron chi connectivity index (χ0n) is 12.5. The van der Waals surface area contributed by atoms with Crippen LogP contribution in [0, 0.1) is 6.92 Å². The van der Waals surface area contributed by atoms with Crippen molar-refractivity contribution in [2.24, 2.45) is 0 Å². The van der Waals surface area contributed by atoms with Crippen molar-refractivity contribution in [3.63, 3.8) is 0 Å². The van der Waals surface area contributed by atoms with Crippen LogP contribution in [-0.4, -0.2) is 22.0 Å². The highest BCUT2D eigenvalue weighted by atomic mass is 32.2. The van der Waals surface area contributed by atoms with Crippen molar-refractivity contribution in [2.75, 3.05) is 17.9 Å². The first-order valence-corrected chi connectivity index (χ1v) is 9.11. The average Bonchev–Trinajstić information content (AvgIpc) is 2.93. The van der Waals surface area contributed by atoms with Gasteiger partial charge in [0.25, 0.3) is 10.0 Å². The lowest BCUT2D eigenvalue weighted by Gasteiger charge is -2.19. The van der Waals surface area contributed by atoms with E-state index in [-0.39, 0.29) is 0 Å². The molecule has 0 saturated carbocycles. The first-order valence-electron chi connectivity index (χ1n) is 6.79. The van der Waals surface area contributed by atoms with Gasteiger partial charge >= 0.3 is 0 Å². The van der Waals surface area contributed by atoms with Crippen molar-refractivity contribution in [2.45, 2.75) is 25.3 Å². The summed E-state index contributed by atoms with van der Waals surface area (Å²) in [5.74, 6) is 0. The van der Waals surface area contributed by atoms with Gasteiger partial charge < -0.3 is 5.32 Å². The predicted molar refractivity (Wildman–Crippen MR) is 88.5 cm³/mol. The maximum absolute atomic E-state index is 12.6. The van der Waals surface area contributed by atoms with Gasteiger partial charge in [-0.1, -0.05) is 19.1 Å². The highest BCUT2D eigenvalue weighted by molar-refractivity contribution is 7.93. The largest absolute Gasteiger partial charge is 0.312 e. The second-order valence-electron chi connectivity index (χ2n) is 4.84. The summed E-state index contributed by atoms with van der Waals surface area (Å²) in [5, 5.41) is 4.90. The van der Waals surface area contributed by atoms with Crippen molar-refractivity contribution in [3.8, 4) is 0 Å². The number of anilines is 1. The van der Waals surface area contributed by atoms with Crippen molar-refractivity contribution in [1.29, 1.82) is 0 Å². The molecule has 2 aromatic rings. The Bertz CT molecular complexity index is 708. The van der Waals surface area contributed by atoms with Gasteiger partial charge in [0.05, 0.1) is 10.6 Å². The van der Waals surface area contributed by atoms with Crippen LogP contribution in [0.1, 0.15) is 17.4 Å². The van der Waals surface area contributed by atoms with Gasteiger partial charge in [0.1, 0.15) is 0 Å². The second kappa shape index (κ2) is 6.60. The van der Waals surface area contributed by atoms with Crippen molar-refractivity contribution >= 4 is 27.0 Å². The summed E-state index contributed by atoms with van der Waals surface area (Å²) in [7, 11) is -1.91. The molecule has 1 aromatic heterocycles. The molecule has 21 heavy (non-hydrogen) atoms. The molecule has 4 nitrogen and oxygen atoms in total. The molecule has 0 fully saturated rings. The first-order chi connectivity index (χ1) is 9.95. The van der Waals surface area contributed by atoms with Gasteiger partial charge in [-0.15, -0.1) is 11.3 Å². The molecular weight excluding hydrogens is 304 g/mol. The van der Waals surface area contributed by atoms with Gasteiger partial charge in [-0.25, -0.2) is 8.42 Å². The van der Waals surface area contributed by atoms with E-state index in [1.807, 2.05) is 32.0 Å². The summed E-state index contributed by atoms with van der Waals surface area (Å²) in [6.07, 6.45) is 0. The van der Waals surface area contributed by atoms with Crippen LogP contribution in [0.15, 0.2) is 40.6 Å². The van der Waals surface area contributed by atoms with Gasteiger partial charge in [-0.05, 0) is 37.2 Å². The lowest BCUT2D eigenvalue weighted by atomic mass is 10.2. The number of sulfonamides is 1. The van der Waals surface area contributed by atoms with Gasteiger partial charge in [0, 0.05) is 23.8 Å². The molecule has 0 unspecified atom stereocenters. The maximum atomic E-state index is 12.6. The fourth-order valence-corrected chi connectivity index (χ4v) is 4.38. The number of benzene rings is 1. The third kappa shape index (κ3) is 3.64. The number of aryl methyl sites for hydroxylation is 1. The Morgan fingerprint density at radius 2 is 2.05 bits per heavy atom. The SMILES string of the molecule is CCNCc1cc(S(=O)(=O)N(C)c2cccc(C)c2)cs1. The Balaban J connectivity index is 2.26. The van der Waals surface area contributed by atoms with E-state index in [0.717, 1.165) is 17.0 Å². The molecule has 0 radical (unpaired) electrons. The molecule has 0 aliphatic carbocycles. The predicted octanol–water partition coefficient (Wildman–Crippen LogP) is 2.99. The van der Waals surface area contributed by atoms with Crippen LogP contribution in [0.5, 0.6) is 0 Å². The highest BCUT2D eigenvalue weighted by Crippen LogP contribution is 2.26. The number of nitrogens with zero attached hydrogens (tertiary/aromatic N) is 1. The zero-order valence-corrected chi connectivity index (χ0v) is 14.1. The Kier molecular flexibility index (Phi) is 5.03. The number of hydrogen-bond donors (Lipinski definition) is 1. The van der Waals surface area contributed by atoms with Crippen LogP contribution >= 0.6 is 11.3 Å². The fraction of sp³-hybridized carbons (Fsp3) is 0.333. The molecule has 0 bridgehead atoms. The van der Waals surface area contributed by atoms with Crippen molar-refractivity contribution < 1.29 is 8.42 Å². The number of nitrogens with one attached hydrogen (secondary N) is 1. The van der Waals surface area contributed by atoms with Crippen molar-refractivity contribution in [1.82, 2.24) is 5.32 Å². The van der Waals surface area contributed by atoms with Gasteiger partial charge in [-0.2, -0.15) is 0 Å². The van der Waals surface area contributed by atoms with Crippen LogP contribution in [0.25, 0.3) is 0 Å². The summed E-state index contributed by atoms with van der Waals surface area (Å²) in [6, 6.07) is 9.22. The van der Waals surface area contributed by atoms with E-state index in [1.165, 1.54) is 15.6 Å². The maximum Gasteiger partial charge on any atom is 0.264 e. The third-order valence-electron chi connectivity index (χ3n) is 3.20. The fourth-order valence-electron chi connectivity index (χ4n) is 1.96. The quantitative estimate of drug-likeness (QED) is 0.888. The van der Waals surface area contributed by atoms with Crippen LogP contribution in [-0.2, 0) is 16.6 Å². The smallest absolute Gasteiger partial charge is 0.264 e. The Morgan fingerprint density at radius 1 is 1.29 bits per heavy atom. The monoisotopic (exact) mass is 324 g/mol. The Morgan fingerprint density at radius 3 is 2.71 bits per heavy atom. The number of rotatable bonds is 6. The summed E-state index contributed by atoms with van der Waals surface area (Å²) >= 11 is 1.46. The van der Waals surface area contributed by atoms with E-state index in [2.05, 4.69) is 5.32 Å². The molecular formula is C15H20N2O2S2. The summed E-state index contributed by atoms with van der Waals surface area (Å²) in [5.41, 5.74) is 1.71. The summed E-state index contributed by atoms with van der Waals surface area (Å²) in [6.45, 7) is 5.54. The molecule has 6 heteroatoms. The second-order valence-corrected chi connectivity index (χ2v) is 7.81. The molecule has 0 aliphatic heterocycles. The Labute approximate surface area is 130 Å². The lowest BCUT2D eigenvalue weighted by molar-refractivity contribution is 0.594. The van der Waals surface area contributed by atoms with E-state index in [9.17, 15) is 8.42 Å². The van der Waals surface area contributed by atoms with E-state index in [0.29, 0.717) is 17.1 Å². The molecule has 1 heterocycles. The average molecular weight is 324 g/mol. The summed E-state index contributed by atoms with van der Waals surface area (Å²) < 4.78 is 26.6. The number of thiophene rings is 1. The third-order valence-corrected chi connectivity index (χ3v) is 6.05. The molecule has 2 rings (SSSR count). The highest BCUT2D eigenvalue weighted by Gasteiger charge is 2.22. The molecule has 114 valence electrons. The topological polar surface area (TPSA) is 49.4 Å². The van der Waals surface area contributed by atoms with Gasteiger partial charge in [-0.3, -0.25) is 4.31 Å². The van der Waals surface area contributed by atoms with Crippen LogP contribution in [0.2, 0.25) is 0 Å². The zero-order chi connectivity index (χ0) is 15.5. The van der Waals surface area contributed by atoms with Crippen molar-refractivity contribution in [3.05, 3.63) is 46.2 Å². The molecule has 0 amide bonds. The molecule has 0 spiro atoms. The van der Waals surface area contributed by atoms with Crippen LogP contribution < -0.4 is 9.62 Å². The minimum Gasteiger partial charge on any atom is -0.312 e. The first kappa shape index (κ1) is 16.0. The minimum absolute atomic E-state index is 0.351. The molecule has 1 aromatic carbocycles. The normalized spacial score (nSPS) is 11.6.